The number of thiophene rings is 1. The van der Waals surface area contributed by atoms with Crippen LogP contribution in [-0.4, -0.2) is 28.6 Å². The number of pyridine rings is 1. The third-order valence-corrected chi connectivity index (χ3v) is 3.72. The maximum Gasteiger partial charge on any atom is 0.0771 e. The summed E-state index contributed by atoms with van der Waals surface area (Å²) in [4.78, 5) is 8.66. The predicted octanol–water partition coefficient (Wildman–Crippen LogP) is 2.51. The molecule has 0 fully saturated rings. The lowest BCUT2D eigenvalue weighted by molar-refractivity contribution is 0.305. The summed E-state index contributed by atoms with van der Waals surface area (Å²) in [7, 11) is 2.11. The summed E-state index contributed by atoms with van der Waals surface area (Å²) in [6.45, 7) is 1.94. The first-order chi connectivity index (χ1) is 9.78. The van der Waals surface area contributed by atoms with Crippen molar-refractivity contribution in [1.82, 2.24) is 9.88 Å². The number of rotatable bonds is 5. The van der Waals surface area contributed by atoms with E-state index < -0.39 is 0 Å². The third-order valence-electron chi connectivity index (χ3n) is 2.74. The highest BCUT2D eigenvalue weighted by molar-refractivity contribution is 7.12. The van der Waals surface area contributed by atoms with Gasteiger partial charge in [-0.15, -0.1) is 11.3 Å². The molecular weight excluding hydrogens is 268 g/mol. The van der Waals surface area contributed by atoms with Gasteiger partial charge in [-0.3, -0.25) is 9.88 Å². The van der Waals surface area contributed by atoms with Gasteiger partial charge in [-0.1, -0.05) is 11.8 Å². The number of aliphatic hydroxyl groups is 1. The summed E-state index contributed by atoms with van der Waals surface area (Å²) in [6.07, 6.45) is 4.18. The molecule has 1 N–H and O–H groups in total. The smallest absolute Gasteiger partial charge is 0.0771 e. The van der Waals surface area contributed by atoms with Crippen molar-refractivity contribution in [3.8, 4) is 11.8 Å². The largest absolute Gasteiger partial charge is 0.395 e. The number of aliphatic hydroxyl groups excluding tert-OH is 1. The van der Waals surface area contributed by atoms with Gasteiger partial charge in [0.05, 0.1) is 11.5 Å². The second-order valence-corrected chi connectivity index (χ2v) is 5.74. The van der Waals surface area contributed by atoms with E-state index >= 15 is 0 Å². The molecule has 0 aliphatic carbocycles. The van der Waals surface area contributed by atoms with E-state index in [0.717, 1.165) is 18.0 Å². The summed E-state index contributed by atoms with van der Waals surface area (Å²) < 4.78 is 0. The molecule has 2 aromatic rings. The van der Waals surface area contributed by atoms with Gasteiger partial charge in [0.2, 0.25) is 0 Å². The first-order valence-corrected chi connectivity index (χ1v) is 7.35. The zero-order chi connectivity index (χ0) is 14.2. The Hall–Kier alpha value is -1.67. The van der Waals surface area contributed by atoms with E-state index in [1.54, 1.807) is 11.3 Å². The van der Waals surface area contributed by atoms with Gasteiger partial charge < -0.3 is 5.11 Å². The molecule has 0 radical (unpaired) electrons. The van der Waals surface area contributed by atoms with Crippen LogP contribution in [0.4, 0.5) is 0 Å². The maximum absolute atomic E-state index is 8.70. The molecule has 20 heavy (non-hydrogen) atoms. The molecule has 0 saturated carbocycles. The zero-order valence-electron chi connectivity index (χ0n) is 11.5. The van der Waals surface area contributed by atoms with Crippen LogP contribution in [-0.2, 0) is 13.1 Å². The molecule has 0 atom stereocenters. The quantitative estimate of drug-likeness (QED) is 0.858. The lowest BCUT2D eigenvalue weighted by atomic mass is 10.2. The van der Waals surface area contributed by atoms with Gasteiger partial charge in [-0.05, 0) is 36.9 Å². The van der Waals surface area contributed by atoms with Crippen LogP contribution in [0.15, 0.2) is 36.7 Å². The van der Waals surface area contributed by atoms with Gasteiger partial charge in [0.25, 0.3) is 0 Å². The summed E-state index contributed by atoms with van der Waals surface area (Å²) in [5, 5.41) is 8.70. The van der Waals surface area contributed by atoms with Gasteiger partial charge in [0.1, 0.15) is 0 Å². The van der Waals surface area contributed by atoms with Crippen molar-refractivity contribution >= 4 is 11.3 Å². The Balaban J connectivity index is 1.89. The highest BCUT2D eigenvalue weighted by Crippen LogP contribution is 2.17. The molecule has 2 heterocycles. The summed E-state index contributed by atoms with van der Waals surface area (Å²) in [5.74, 6) is 6.02. The predicted molar refractivity (Wildman–Crippen MR) is 82.3 cm³/mol. The van der Waals surface area contributed by atoms with Crippen molar-refractivity contribution in [1.29, 1.82) is 0 Å². The van der Waals surface area contributed by atoms with Gasteiger partial charge in [0, 0.05) is 36.8 Å². The Morgan fingerprint density at radius 3 is 2.75 bits per heavy atom. The Kier molecular flexibility index (Phi) is 5.75. The van der Waals surface area contributed by atoms with Crippen LogP contribution >= 0.6 is 11.3 Å². The minimum absolute atomic E-state index is 0.125. The first kappa shape index (κ1) is 14.7. The van der Waals surface area contributed by atoms with Crippen LogP contribution in [0.5, 0.6) is 0 Å². The van der Waals surface area contributed by atoms with E-state index in [2.05, 4.69) is 34.8 Å². The van der Waals surface area contributed by atoms with Gasteiger partial charge in [0.15, 0.2) is 0 Å². The molecule has 0 amide bonds. The molecule has 2 aromatic heterocycles. The van der Waals surface area contributed by atoms with Crippen LogP contribution in [0, 0.1) is 11.8 Å². The average molecular weight is 286 g/mol. The van der Waals surface area contributed by atoms with Crippen molar-refractivity contribution in [2.75, 3.05) is 13.7 Å². The summed E-state index contributed by atoms with van der Waals surface area (Å²) in [5.41, 5.74) is 1.27. The molecule has 4 heteroatoms. The van der Waals surface area contributed by atoms with E-state index in [9.17, 15) is 0 Å². The fourth-order valence-electron chi connectivity index (χ4n) is 1.86. The zero-order valence-corrected chi connectivity index (χ0v) is 12.4. The Morgan fingerprint density at radius 1 is 1.20 bits per heavy atom. The lowest BCUT2D eigenvalue weighted by Gasteiger charge is -2.15. The highest BCUT2D eigenvalue weighted by Gasteiger charge is 2.04. The first-order valence-electron chi connectivity index (χ1n) is 6.54. The maximum atomic E-state index is 8.70. The van der Waals surface area contributed by atoms with Gasteiger partial charge >= 0.3 is 0 Å². The van der Waals surface area contributed by atoms with Crippen molar-refractivity contribution in [2.45, 2.75) is 19.5 Å². The molecular formula is C16H18N2OS. The van der Waals surface area contributed by atoms with Crippen LogP contribution < -0.4 is 0 Å². The lowest BCUT2D eigenvalue weighted by Crippen LogP contribution is -2.16. The second kappa shape index (κ2) is 7.81. The van der Waals surface area contributed by atoms with E-state index in [1.807, 2.05) is 30.6 Å². The van der Waals surface area contributed by atoms with Crippen LogP contribution in [0.2, 0.25) is 0 Å². The third kappa shape index (κ3) is 4.78. The molecule has 104 valence electrons. The minimum atomic E-state index is 0.125. The minimum Gasteiger partial charge on any atom is -0.395 e. The summed E-state index contributed by atoms with van der Waals surface area (Å²) >= 11 is 1.71. The van der Waals surface area contributed by atoms with Crippen molar-refractivity contribution < 1.29 is 5.11 Å². The highest BCUT2D eigenvalue weighted by atomic mass is 32.1. The SMILES string of the molecule is CN(Cc1ccncc1)Cc1ccc(C#CCCO)s1. The molecule has 0 unspecified atom stereocenters. The molecule has 0 spiro atoms. The fraction of sp³-hybridized carbons (Fsp3) is 0.312. The molecule has 0 bridgehead atoms. The van der Waals surface area contributed by atoms with E-state index in [4.69, 9.17) is 5.11 Å². The van der Waals surface area contributed by atoms with Crippen LogP contribution in [0.25, 0.3) is 0 Å². The van der Waals surface area contributed by atoms with E-state index in [0.29, 0.717) is 6.42 Å². The standard InChI is InChI=1S/C16H18N2OS/c1-18(12-14-7-9-17-10-8-14)13-16-6-5-15(20-16)4-2-3-11-19/h5-10,19H,3,11-13H2,1H3. The Bertz CT molecular complexity index is 583. The van der Waals surface area contributed by atoms with E-state index in [1.165, 1.54) is 10.4 Å². The molecule has 3 nitrogen and oxygen atoms in total. The molecule has 0 saturated heterocycles. The monoisotopic (exact) mass is 286 g/mol. The number of hydrogen-bond donors (Lipinski definition) is 1. The average Bonchev–Trinajstić information content (AvgIpc) is 2.87. The molecule has 0 aliphatic rings. The van der Waals surface area contributed by atoms with Gasteiger partial charge in [-0.25, -0.2) is 0 Å². The topological polar surface area (TPSA) is 36.4 Å². The number of hydrogen-bond acceptors (Lipinski definition) is 4. The summed E-state index contributed by atoms with van der Waals surface area (Å²) in [6, 6.07) is 8.24. The molecule has 0 aliphatic heterocycles. The van der Waals surface area contributed by atoms with Crippen molar-refractivity contribution in [3.05, 3.63) is 52.0 Å². The normalized spacial score (nSPS) is 10.3. The fourth-order valence-corrected chi connectivity index (χ4v) is 2.82. The molecule has 0 aromatic carbocycles. The Morgan fingerprint density at radius 2 is 2.00 bits per heavy atom. The van der Waals surface area contributed by atoms with Crippen LogP contribution in [0.3, 0.4) is 0 Å². The van der Waals surface area contributed by atoms with Crippen molar-refractivity contribution in [3.63, 3.8) is 0 Å². The second-order valence-electron chi connectivity index (χ2n) is 4.57. The van der Waals surface area contributed by atoms with Gasteiger partial charge in [-0.2, -0.15) is 0 Å². The Labute approximate surface area is 123 Å². The number of aromatic nitrogens is 1. The van der Waals surface area contributed by atoms with Crippen LogP contribution in [0.1, 0.15) is 21.7 Å². The number of nitrogens with zero attached hydrogens (tertiary/aromatic N) is 2. The molecule has 2 rings (SSSR count). The van der Waals surface area contributed by atoms with E-state index in [-0.39, 0.29) is 6.61 Å². The van der Waals surface area contributed by atoms with Crippen molar-refractivity contribution in [2.24, 2.45) is 0 Å².